The molecule has 0 amide bonds. The van der Waals surface area contributed by atoms with Crippen LogP contribution < -0.4 is 0 Å². The Bertz CT molecular complexity index is 488. The molecule has 6 unspecified atom stereocenters. The molecule has 2 N–H and O–H groups in total. The van der Waals surface area contributed by atoms with E-state index in [1.807, 2.05) is 0 Å². The van der Waals surface area contributed by atoms with Crippen LogP contribution in [0.3, 0.4) is 0 Å². The molecule has 3 rings (SSSR count). The Labute approximate surface area is 109 Å². The minimum absolute atomic E-state index is 0.253. The lowest BCUT2D eigenvalue weighted by Gasteiger charge is -2.26. The molecule has 0 saturated carbocycles. The summed E-state index contributed by atoms with van der Waals surface area (Å²) < 4.78 is 45.3. The van der Waals surface area contributed by atoms with Crippen LogP contribution in [0, 0.1) is 11.8 Å². The van der Waals surface area contributed by atoms with Gasteiger partial charge in [0, 0.05) is 0 Å². The van der Waals surface area contributed by atoms with E-state index in [2.05, 4.69) is 0 Å². The highest BCUT2D eigenvalue weighted by molar-refractivity contribution is 7.85. The summed E-state index contributed by atoms with van der Waals surface area (Å²) >= 11 is 0. The van der Waals surface area contributed by atoms with Gasteiger partial charge in [-0.3, -0.25) is 9.35 Å². The van der Waals surface area contributed by atoms with Gasteiger partial charge in [-0.05, 0) is 6.42 Å². The first-order valence-corrected chi connectivity index (χ1v) is 7.58. The second-order valence-electron chi connectivity index (χ2n) is 5.01. The van der Waals surface area contributed by atoms with E-state index >= 15 is 0 Å². The highest BCUT2D eigenvalue weighted by Crippen LogP contribution is 2.50. The summed E-state index contributed by atoms with van der Waals surface area (Å²) in [5.41, 5.74) is 0. The van der Waals surface area contributed by atoms with Crippen molar-refractivity contribution in [2.45, 2.75) is 31.0 Å². The van der Waals surface area contributed by atoms with Crippen LogP contribution in [0.2, 0.25) is 0 Å². The molecule has 0 aliphatic carbocycles. The Morgan fingerprint density at radius 1 is 1.42 bits per heavy atom. The minimum atomic E-state index is -4.13. The third-order valence-corrected chi connectivity index (χ3v) is 4.54. The zero-order valence-corrected chi connectivity index (χ0v) is 10.7. The summed E-state index contributed by atoms with van der Waals surface area (Å²) in [4.78, 5) is 11.5. The van der Waals surface area contributed by atoms with Crippen molar-refractivity contribution >= 4 is 16.1 Å². The number of hydrogen-bond donors (Lipinski definition) is 2. The van der Waals surface area contributed by atoms with Crippen LogP contribution in [0.25, 0.3) is 0 Å². The quantitative estimate of drug-likeness (QED) is 0.358. The first-order chi connectivity index (χ1) is 8.87. The summed E-state index contributed by atoms with van der Waals surface area (Å²) in [5.74, 6) is -1.67. The fourth-order valence-electron chi connectivity index (χ4n) is 3.05. The molecule has 0 aromatic rings. The molecule has 3 aliphatic heterocycles. The average molecular weight is 294 g/mol. The lowest BCUT2D eigenvalue weighted by atomic mass is 9.82. The lowest BCUT2D eigenvalue weighted by Crippen LogP contribution is -2.41. The SMILES string of the molecule is O=C1OC2C3OC(CC13)C2C(O)OCCS(=O)(=O)O. The van der Waals surface area contributed by atoms with Gasteiger partial charge in [-0.2, -0.15) is 8.42 Å². The smallest absolute Gasteiger partial charge is 0.312 e. The van der Waals surface area contributed by atoms with Gasteiger partial charge in [-0.25, -0.2) is 0 Å². The van der Waals surface area contributed by atoms with Crippen molar-refractivity contribution in [3.8, 4) is 0 Å². The molecule has 8 nitrogen and oxygen atoms in total. The maximum absolute atomic E-state index is 11.5. The van der Waals surface area contributed by atoms with Crippen molar-refractivity contribution in [3.63, 3.8) is 0 Å². The van der Waals surface area contributed by atoms with Gasteiger partial charge in [0.1, 0.15) is 12.2 Å². The highest BCUT2D eigenvalue weighted by Gasteiger charge is 2.65. The van der Waals surface area contributed by atoms with E-state index in [1.54, 1.807) is 0 Å². The fraction of sp³-hybridized carbons (Fsp3) is 0.900. The second-order valence-corrected chi connectivity index (χ2v) is 6.58. The number of esters is 1. The minimum Gasteiger partial charge on any atom is -0.459 e. The van der Waals surface area contributed by atoms with Crippen LogP contribution in [0.5, 0.6) is 0 Å². The second kappa shape index (κ2) is 4.38. The number of fused-ring (bicyclic) bond motifs is 1. The first kappa shape index (κ1) is 13.3. The molecule has 3 heterocycles. The van der Waals surface area contributed by atoms with E-state index in [-0.39, 0.29) is 30.7 Å². The fourth-order valence-corrected chi connectivity index (χ4v) is 3.36. The van der Waals surface area contributed by atoms with E-state index in [1.165, 1.54) is 0 Å². The Kier molecular flexibility index (Phi) is 3.06. The van der Waals surface area contributed by atoms with Gasteiger partial charge in [-0.1, -0.05) is 0 Å². The normalized spacial score (nSPS) is 41.6. The van der Waals surface area contributed by atoms with Crippen LogP contribution in [0.1, 0.15) is 6.42 Å². The van der Waals surface area contributed by atoms with E-state index in [0.29, 0.717) is 6.42 Å². The van der Waals surface area contributed by atoms with Gasteiger partial charge < -0.3 is 19.3 Å². The number of hydrogen-bond acceptors (Lipinski definition) is 7. The predicted octanol–water partition coefficient (Wildman–Crippen LogP) is -1.46. The molecular formula is C10H14O8S. The van der Waals surface area contributed by atoms with Crippen LogP contribution in [-0.2, 0) is 29.1 Å². The molecule has 0 spiro atoms. The van der Waals surface area contributed by atoms with Gasteiger partial charge in [0.15, 0.2) is 6.29 Å². The van der Waals surface area contributed by atoms with Crippen molar-refractivity contribution in [2.75, 3.05) is 12.4 Å². The maximum Gasteiger partial charge on any atom is 0.312 e. The molecule has 6 atom stereocenters. The zero-order valence-electron chi connectivity index (χ0n) is 9.84. The molecular weight excluding hydrogens is 280 g/mol. The molecule has 19 heavy (non-hydrogen) atoms. The van der Waals surface area contributed by atoms with Crippen LogP contribution in [0.15, 0.2) is 0 Å². The van der Waals surface area contributed by atoms with Crippen molar-refractivity contribution in [2.24, 2.45) is 11.8 Å². The average Bonchev–Trinajstić information content (AvgIpc) is 2.87. The number of aliphatic hydroxyl groups excluding tert-OH is 1. The number of rotatable bonds is 5. The highest BCUT2D eigenvalue weighted by atomic mass is 32.2. The van der Waals surface area contributed by atoms with E-state index in [9.17, 15) is 18.3 Å². The van der Waals surface area contributed by atoms with Gasteiger partial charge in [0.25, 0.3) is 10.1 Å². The Hall–Kier alpha value is -0.740. The zero-order chi connectivity index (χ0) is 13.8. The third-order valence-electron chi connectivity index (χ3n) is 3.86. The molecule has 9 heteroatoms. The summed E-state index contributed by atoms with van der Waals surface area (Å²) in [7, 11) is -4.13. The number of ether oxygens (including phenoxy) is 3. The molecule has 0 radical (unpaired) electrons. The molecule has 2 bridgehead atoms. The topological polar surface area (TPSA) is 119 Å². The van der Waals surface area contributed by atoms with Gasteiger partial charge >= 0.3 is 5.97 Å². The van der Waals surface area contributed by atoms with Crippen molar-refractivity contribution in [3.05, 3.63) is 0 Å². The molecule has 0 aromatic heterocycles. The van der Waals surface area contributed by atoms with E-state index in [4.69, 9.17) is 18.8 Å². The molecule has 0 aromatic carbocycles. The van der Waals surface area contributed by atoms with Gasteiger partial charge in [0.05, 0.1) is 30.3 Å². The number of carbonyl (C=O) groups is 1. The molecule has 3 aliphatic rings. The standard InChI is InChI=1S/C10H14O8S/c11-9-4-3-5-6(8(18-9)7(4)17-5)10(12)16-1-2-19(13,14)15/h4-8,10,12H,1-3H2,(H,13,14,15). The van der Waals surface area contributed by atoms with Crippen molar-refractivity contribution in [1.82, 2.24) is 0 Å². The number of aliphatic hydroxyl groups is 1. The van der Waals surface area contributed by atoms with Gasteiger partial charge in [-0.15, -0.1) is 0 Å². The Balaban J connectivity index is 1.60. The molecule has 108 valence electrons. The summed E-state index contributed by atoms with van der Waals surface area (Å²) in [6.45, 7) is -0.335. The first-order valence-electron chi connectivity index (χ1n) is 5.97. The number of carbonyl (C=O) groups excluding carboxylic acids is 1. The lowest BCUT2D eigenvalue weighted by molar-refractivity contribution is -0.165. The summed E-state index contributed by atoms with van der Waals surface area (Å²) in [5, 5.41) is 9.90. The van der Waals surface area contributed by atoms with Crippen molar-refractivity contribution < 1.29 is 37.1 Å². The summed E-state index contributed by atoms with van der Waals surface area (Å²) in [6, 6.07) is 0. The Morgan fingerprint density at radius 2 is 2.16 bits per heavy atom. The molecule has 3 saturated heterocycles. The van der Waals surface area contributed by atoms with Crippen LogP contribution in [0.4, 0.5) is 0 Å². The van der Waals surface area contributed by atoms with Crippen molar-refractivity contribution in [1.29, 1.82) is 0 Å². The van der Waals surface area contributed by atoms with Crippen LogP contribution >= 0.6 is 0 Å². The largest absolute Gasteiger partial charge is 0.459 e. The van der Waals surface area contributed by atoms with E-state index < -0.39 is 34.2 Å². The van der Waals surface area contributed by atoms with Gasteiger partial charge in [0.2, 0.25) is 0 Å². The maximum atomic E-state index is 11.5. The Morgan fingerprint density at radius 3 is 2.84 bits per heavy atom. The predicted molar refractivity (Wildman–Crippen MR) is 58.5 cm³/mol. The summed E-state index contributed by atoms with van der Waals surface area (Å²) in [6.07, 6.45) is -1.97. The van der Waals surface area contributed by atoms with Crippen LogP contribution in [-0.4, -0.2) is 61.0 Å². The molecule has 3 fully saturated rings. The van der Waals surface area contributed by atoms with E-state index in [0.717, 1.165) is 0 Å². The monoisotopic (exact) mass is 294 g/mol. The third kappa shape index (κ3) is 2.25.